The first kappa shape index (κ1) is 23.1. The van der Waals surface area contributed by atoms with Crippen molar-refractivity contribution in [2.24, 2.45) is 0 Å². The van der Waals surface area contributed by atoms with Gasteiger partial charge in [0.2, 0.25) is 5.91 Å². The van der Waals surface area contributed by atoms with Gasteiger partial charge in [0, 0.05) is 18.5 Å². The summed E-state index contributed by atoms with van der Waals surface area (Å²) in [6.45, 7) is 6.47. The van der Waals surface area contributed by atoms with Gasteiger partial charge in [-0.05, 0) is 28.7 Å². The normalized spacial score (nSPS) is 12.0. The first-order valence-electron chi connectivity index (χ1n) is 10.0. The number of hydrogen-bond acceptors (Lipinski definition) is 4. The maximum atomic E-state index is 12.8. The lowest BCUT2D eigenvalue weighted by atomic mass is 9.86. The molecule has 6 heteroatoms. The molecule has 0 aliphatic heterocycles. The fourth-order valence-electron chi connectivity index (χ4n) is 2.94. The lowest BCUT2D eigenvalue weighted by Gasteiger charge is -2.20. The van der Waals surface area contributed by atoms with E-state index in [1.165, 1.54) is 7.11 Å². The Balaban J connectivity index is 2.10. The molecule has 160 valence electrons. The minimum absolute atomic E-state index is 0.00955. The van der Waals surface area contributed by atoms with Crippen molar-refractivity contribution >= 4 is 17.8 Å². The third-order valence-electron chi connectivity index (χ3n) is 4.77. The molecular formula is C24H30N2O4. The minimum Gasteiger partial charge on any atom is -0.469 e. The summed E-state index contributed by atoms with van der Waals surface area (Å²) in [6.07, 6.45) is 0.416. The highest BCUT2D eigenvalue weighted by molar-refractivity contribution is 5.97. The fourth-order valence-corrected chi connectivity index (χ4v) is 2.94. The topological polar surface area (TPSA) is 84.5 Å². The Morgan fingerprint density at radius 1 is 0.967 bits per heavy atom. The zero-order chi connectivity index (χ0) is 22.1. The van der Waals surface area contributed by atoms with Crippen LogP contribution in [0.15, 0.2) is 54.6 Å². The summed E-state index contributed by atoms with van der Waals surface area (Å²) in [7, 11) is 1.30. The van der Waals surface area contributed by atoms with Crippen molar-refractivity contribution in [1.29, 1.82) is 0 Å². The molecule has 1 atom stereocenters. The van der Waals surface area contributed by atoms with E-state index in [-0.39, 0.29) is 30.2 Å². The number of carbonyl (C=O) groups excluding carboxylic acids is 3. The van der Waals surface area contributed by atoms with E-state index in [4.69, 9.17) is 0 Å². The zero-order valence-corrected chi connectivity index (χ0v) is 18.0. The van der Waals surface area contributed by atoms with Crippen molar-refractivity contribution in [2.45, 2.75) is 45.1 Å². The van der Waals surface area contributed by atoms with Crippen LogP contribution in [0.3, 0.4) is 0 Å². The number of carbonyl (C=O) groups is 3. The lowest BCUT2D eigenvalue weighted by molar-refractivity contribution is -0.140. The Hall–Kier alpha value is -3.15. The Morgan fingerprint density at radius 2 is 1.60 bits per heavy atom. The highest BCUT2D eigenvalue weighted by Crippen LogP contribution is 2.22. The molecule has 0 aromatic heterocycles. The number of esters is 1. The molecule has 0 bridgehead atoms. The average Bonchev–Trinajstić information content (AvgIpc) is 2.73. The molecule has 2 rings (SSSR count). The first-order valence-corrected chi connectivity index (χ1v) is 10.0. The number of ether oxygens (including phenoxy) is 1. The smallest absolute Gasteiger partial charge is 0.307 e. The van der Waals surface area contributed by atoms with E-state index in [0.717, 1.165) is 11.1 Å². The average molecular weight is 411 g/mol. The Labute approximate surface area is 178 Å². The molecule has 30 heavy (non-hydrogen) atoms. The molecule has 0 unspecified atom stereocenters. The van der Waals surface area contributed by atoms with E-state index in [9.17, 15) is 14.4 Å². The van der Waals surface area contributed by atoms with Crippen LogP contribution in [0.5, 0.6) is 0 Å². The van der Waals surface area contributed by atoms with Crippen molar-refractivity contribution < 1.29 is 19.1 Å². The second-order valence-corrected chi connectivity index (χ2v) is 8.16. The molecule has 0 saturated heterocycles. The van der Waals surface area contributed by atoms with Gasteiger partial charge < -0.3 is 15.4 Å². The van der Waals surface area contributed by atoms with E-state index in [1.807, 2.05) is 42.5 Å². The number of benzene rings is 2. The van der Waals surface area contributed by atoms with Crippen LogP contribution in [-0.2, 0) is 26.2 Å². The van der Waals surface area contributed by atoms with Gasteiger partial charge >= 0.3 is 5.97 Å². The Kier molecular flexibility index (Phi) is 8.16. The first-order chi connectivity index (χ1) is 14.2. The summed E-state index contributed by atoms with van der Waals surface area (Å²) in [5.41, 5.74) is 2.53. The molecule has 2 aromatic carbocycles. The summed E-state index contributed by atoms with van der Waals surface area (Å²) in [5.74, 6) is -1.07. The standard InChI is InChI=1S/C24H30N2O4/c1-24(2,3)19-12-10-18(11-13-19)22(28)26-20(16-17-8-6-5-7-9-17)23(29)25-15-14-21(27)30-4/h5-13,20H,14-16H2,1-4H3,(H,25,29)(H,26,28)/t20-/m1/s1. The zero-order valence-electron chi connectivity index (χ0n) is 18.0. The molecular weight excluding hydrogens is 380 g/mol. The number of methoxy groups -OCH3 is 1. The molecule has 6 nitrogen and oxygen atoms in total. The predicted octanol–water partition coefficient (Wildman–Crippen LogP) is 3.00. The van der Waals surface area contributed by atoms with Crippen LogP contribution in [0.25, 0.3) is 0 Å². The molecule has 0 aliphatic rings. The van der Waals surface area contributed by atoms with E-state index < -0.39 is 12.0 Å². The van der Waals surface area contributed by atoms with Crippen LogP contribution in [0.4, 0.5) is 0 Å². The SMILES string of the molecule is COC(=O)CCNC(=O)[C@@H](Cc1ccccc1)NC(=O)c1ccc(C(C)(C)C)cc1. The molecule has 2 aromatic rings. The van der Waals surface area contributed by atoms with E-state index >= 15 is 0 Å². The number of rotatable bonds is 8. The van der Waals surface area contributed by atoms with Crippen LogP contribution in [0.1, 0.15) is 48.7 Å². The maximum Gasteiger partial charge on any atom is 0.307 e. The molecule has 2 amide bonds. The van der Waals surface area contributed by atoms with Crippen molar-refractivity contribution in [1.82, 2.24) is 10.6 Å². The third kappa shape index (κ3) is 7.03. The Bertz CT molecular complexity index is 855. The molecule has 0 fully saturated rings. The van der Waals surface area contributed by atoms with Crippen LogP contribution >= 0.6 is 0 Å². The maximum absolute atomic E-state index is 12.8. The Morgan fingerprint density at radius 3 is 2.17 bits per heavy atom. The second-order valence-electron chi connectivity index (χ2n) is 8.16. The van der Waals surface area contributed by atoms with Crippen molar-refractivity contribution in [3.8, 4) is 0 Å². The second kappa shape index (κ2) is 10.6. The van der Waals surface area contributed by atoms with Crippen LogP contribution in [0, 0.1) is 0 Å². The summed E-state index contributed by atoms with van der Waals surface area (Å²) < 4.78 is 4.58. The largest absolute Gasteiger partial charge is 0.469 e. The van der Waals surface area contributed by atoms with Crippen molar-refractivity contribution in [2.75, 3.05) is 13.7 Å². The van der Waals surface area contributed by atoms with Crippen LogP contribution in [-0.4, -0.2) is 37.5 Å². The van der Waals surface area contributed by atoms with Gasteiger partial charge in [-0.1, -0.05) is 63.2 Å². The number of nitrogens with one attached hydrogen (secondary N) is 2. The molecule has 0 aliphatic carbocycles. The fraction of sp³-hybridized carbons (Fsp3) is 0.375. The molecule has 0 heterocycles. The molecule has 0 radical (unpaired) electrons. The molecule has 2 N–H and O–H groups in total. The van der Waals surface area contributed by atoms with E-state index in [2.05, 4.69) is 36.1 Å². The summed E-state index contributed by atoms with van der Waals surface area (Å²) in [5, 5.41) is 5.52. The van der Waals surface area contributed by atoms with Crippen LogP contribution in [0.2, 0.25) is 0 Å². The minimum atomic E-state index is -0.764. The molecule has 0 saturated carbocycles. The molecule has 0 spiro atoms. The summed E-state index contributed by atoms with van der Waals surface area (Å²) in [4.78, 5) is 36.7. The summed E-state index contributed by atoms with van der Waals surface area (Å²) in [6, 6.07) is 16.1. The lowest BCUT2D eigenvalue weighted by Crippen LogP contribution is -2.48. The predicted molar refractivity (Wildman–Crippen MR) is 116 cm³/mol. The van der Waals surface area contributed by atoms with Gasteiger partial charge in [0.1, 0.15) is 6.04 Å². The number of hydrogen-bond donors (Lipinski definition) is 2. The van der Waals surface area contributed by atoms with Gasteiger partial charge in [0.05, 0.1) is 13.5 Å². The van der Waals surface area contributed by atoms with Gasteiger partial charge in [-0.2, -0.15) is 0 Å². The van der Waals surface area contributed by atoms with E-state index in [0.29, 0.717) is 12.0 Å². The van der Waals surface area contributed by atoms with Gasteiger partial charge in [-0.3, -0.25) is 14.4 Å². The third-order valence-corrected chi connectivity index (χ3v) is 4.77. The monoisotopic (exact) mass is 410 g/mol. The highest BCUT2D eigenvalue weighted by Gasteiger charge is 2.22. The van der Waals surface area contributed by atoms with Gasteiger partial charge in [0.15, 0.2) is 0 Å². The van der Waals surface area contributed by atoms with Crippen molar-refractivity contribution in [3.05, 3.63) is 71.3 Å². The summed E-state index contributed by atoms with van der Waals surface area (Å²) >= 11 is 0. The van der Waals surface area contributed by atoms with Crippen LogP contribution < -0.4 is 10.6 Å². The van der Waals surface area contributed by atoms with Crippen molar-refractivity contribution in [3.63, 3.8) is 0 Å². The number of amides is 2. The van der Waals surface area contributed by atoms with Gasteiger partial charge in [0.25, 0.3) is 5.91 Å². The van der Waals surface area contributed by atoms with Gasteiger partial charge in [-0.15, -0.1) is 0 Å². The van der Waals surface area contributed by atoms with E-state index in [1.54, 1.807) is 12.1 Å². The quantitative estimate of drug-likeness (QED) is 0.655. The van der Waals surface area contributed by atoms with Gasteiger partial charge in [-0.25, -0.2) is 0 Å². The highest BCUT2D eigenvalue weighted by atomic mass is 16.5.